The second kappa shape index (κ2) is 4.52. The quantitative estimate of drug-likeness (QED) is 0.775. The van der Waals surface area contributed by atoms with E-state index in [0.717, 1.165) is 22.4 Å². The highest BCUT2D eigenvalue weighted by Gasteiger charge is 2.18. The molecule has 0 saturated heterocycles. The lowest BCUT2D eigenvalue weighted by atomic mass is 9.99. The van der Waals surface area contributed by atoms with Crippen molar-refractivity contribution in [3.63, 3.8) is 0 Å². The minimum Gasteiger partial charge on any atom is -0.367 e. The van der Waals surface area contributed by atoms with Crippen LogP contribution in [0.2, 0.25) is 0 Å². The molecular weight excluding hydrogens is 252 g/mol. The fraction of sp³-hybridized carbons (Fsp3) is 0.200. The van der Waals surface area contributed by atoms with E-state index in [2.05, 4.69) is 36.2 Å². The van der Waals surface area contributed by atoms with Crippen molar-refractivity contribution in [2.75, 3.05) is 5.73 Å². The van der Waals surface area contributed by atoms with Crippen LogP contribution in [0.15, 0.2) is 35.1 Å². The van der Waals surface area contributed by atoms with Crippen LogP contribution in [0.1, 0.15) is 11.1 Å². The van der Waals surface area contributed by atoms with Crippen LogP contribution in [0.4, 0.5) is 5.88 Å². The van der Waals surface area contributed by atoms with E-state index in [1.807, 2.05) is 19.3 Å². The van der Waals surface area contributed by atoms with Gasteiger partial charge in [-0.15, -0.1) is 0 Å². The first-order valence-corrected chi connectivity index (χ1v) is 6.38. The van der Waals surface area contributed by atoms with Gasteiger partial charge in [-0.1, -0.05) is 23.4 Å². The standard InChI is InChI=1S/C15H16N4O/c1-9-4-5-11(6-10(9)2)13-14(18-20-15(13)16)12-7-17-19(3)8-12/h4-8H,16H2,1-3H3. The maximum atomic E-state index is 5.95. The summed E-state index contributed by atoms with van der Waals surface area (Å²) in [6.45, 7) is 4.16. The fourth-order valence-electron chi connectivity index (χ4n) is 2.22. The molecule has 0 unspecified atom stereocenters. The summed E-state index contributed by atoms with van der Waals surface area (Å²) in [5, 5.41) is 8.24. The number of benzene rings is 1. The van der Waals surface area contributed by atoms with E-state index in [0.29, 0.717) is 5.88 Å². The molecule has 1 aromatic carbocycles. The first-order chi connectivity index (χ1) is 9.56. The number of nitrogens with zero attached hydrogens (tertiary/aromatic N) is 3. The lowest BCUT2D eigenvalue weighted by Gasteiger charge is -2.05. The van der Waals surface area contributed by atoms with Crippen LogP contribution in [0.3, 0.4) is 0 Å². The van der Waals surface area contributed by atoms with Gasteiger partial charge in [0, 0.05) is 18.8 Å². The monoisotopic (exact) mass is 268 g/mol. The summed E-state index contributed by atoms with van der Waals surface area (Å²) in [6.07, 6.45) is 3.64. The molecule has 5 nitrogen and oxygen atoms in total. The third-order valence-electron chi connectivity index (χ3n) is 3.49. The summed E-state index contributed by atoms with van der Waals surface area (Å²) in [5.74, 6) is 0.326. The molecule has 0 spiro atoms. The summed E-state index contributed by atoms with van der Waals surface area (Å²) >= 11 is 0. The molecule has 2 aromatic heterocycles. The molecule has 0 saturated carbocycles. The highest BCUT2D eigenvalue weighted by Crippen LogP contribution is 2.36. The Bertz CT molecular complexity index is 770. The number of rotatable bonds is 2. The minimum atomic E-state index is 0.326. The van der Waals surface area contributed by atoms with Crippen LogP contribution in [0.25, 0.3) is 22.4 Å². The molecule has 2 heterocycles. The minimum absolute atomic E-state index is 0.326. The summed E-state index contributed by atoms with van der Waals surface area (Å²) < 4.78 is 6.90. The molecule has 0 amide bonds. The molecule has 102 valence electrons. The third kappa shape index (κ3) is 1.97. The second-order valence-electron chi connectivity index (χ2n) is 4.97. The Labute approximate surface area is 117 Å². The molecule has 0 fully saturated rings. The summed E-state index contributed by atoms with van der Waals surface area (Å²) in [4.78, 5) is 0. The van der Waals surface area contributed by atoms with Crippen molar-refractivity contribution in [1.29, 1.82) is 0 Å². The van der Waals surface area contributed by atoms with Crippen molar-refractivity contribution in [1.82, 2.24) is 14.9 Å². The predicted octanol–water partition coefficient (Wildman–Crippen LogP) is 2.94. The Kier molecular flexibility index (Phi) is 2.82. The van der Waals surface area contributed by atoms with E-state index in [1.54, 1.807) is 10.9 Å². The van der Waals surface area contributed by atoms with Crippen LogP contribution >= 0.6 is 0 Å². The van der Waals surface area contributed by atoms with Crippen LogP contribution < -0.4 is 5.73 Å². The molecule has 0 aliphatic heterocycles. The predicted molar refractivity (Wildman–Crippen MR) is 78.0 cm³/mol. The summed E-state index contributed by atoms with van der Waals surface area (Å²) in [6, 6.07) is 6.20. The molecule has 0 atom stereocenters. The van der Waals surface area contributed by atoms with Gasteiger partial charge in [0.05, 0.1) is 11.8 Å². The van der Waals surface area contributed by atoms with Gasteiger partial charge in [-0.05, 0) is 30.5 Å². The molecule has 0 aliphatic rings. The smallest absolute Gasteiger partial charge is 0.230 e. The van der Waals surface area contributed by atoms with Gasteiger partial charge in [0.2, 0.25) is 5.88 Å². The van der Waals surface area contributed by atoms with E-state index in [1.165, 1.54) is 11.1 Å². The number of nitrogens with two attached hydrogens (primary N) is 1. The average molecular weight is 268 g/mol. The number of nitrogen functional groups attached to an aromatic ring is 1. The van der Waals surface area contributed by atoms with Gasteiger partial charge in [-0.2, -0.15) is 5.10 Å². The van der Waals surface area contributed by atoms with Gasteiger partial charge in [-0.3, -0.25) is 4.68 Å². The first kappa shape index (κ1) is 12.5. The van der Waals surface area contributed by atoms with Crippen molar-refractivity contribution in [2.45, 2.75) is 13.8 Å². The Balaban J connectivity index is 2.18. The number of hydrogen-bond acceptors (Lipinski definition) is 4. The van der Waals surface area contributed by atoms with Crippen molar-refractivity contribution in [2.24, 2.45) is 7.05 Å². The Hall–Kier alpha value is -2.56. The van der Waals surface area contributed by atoms with Crippen molar-refractivity contribution >= 4 is 5.88 Å². The van der Waals surface area contributed by atoms with E-state index < -0.39 is 0 Å². The summed E-state index contributed by atoms with van der Waals surface area (Å²) in [7, 11) is 1.86. The normalized spacial score (nSPS) is 10.9. The molecular formula is C15H16N4O. The van der Waals surface area contributed by atoms with Crippen molar-refractivity contribution < 1.29 is 4.52 Å². The SMILES string of the molecule is Cc1ccc(-c2c(-c3cnn(C)c3)noc2N)cc1C. The molecule has 0 aliphatic carbocycles. The molecule has 3 aromatic rings. The van der Waals surface area contributed by atoms with Crippen LogP contribution in [0.5, 0.6) is 0 Å². The lowest BCUT2D eigenvalue weighted by molar-refractivity contribution is 0.439. The topological polar surface area (TPSA) is 69.9 Å². The van der Waals surface area contributed by atoms with Gasteiger partial charge < -0.3 is 10.3 Å². The molecule has 2 N–H and O–H groups in total. The maximum Gasteiger partial charge on any atom is 0.230 e. The molecule has 5 heteroatoms. The van der Waals surface area contributed by atoms with Crippen molar-refractivity contribution in [3.05, 3.63) is 41.7 Å². The second-order valence-corrected chi connectivity index (χ2v) is 4.97. The summed E-state index contributed by atoms with van der Waals surface area (Å²) in [5.41, 5.74) is 11.8. The van der Waals surface area contributed by atoms with Crippen LogP contribution in [0, 0.1) is 13.8 Å². The average Bonchev–Trinajstić information content (AvgIpc) is 2.99. The van der Waals surface area contributed by atoms with Crippen LogP contribution in [-0.2, 0) is 7.05 Å². The van der Waals surface area contributed by atoms with Gasteiger partial charge in [0.1, 0.15) is 5.69 Å². The Morgan fingerprint density at radius 2 is 1.95 bits per heavy atom. The third-order valence-corrected chi connectivity index (χ3v) is 3.49. The fourth-order valence-corrected chi connectivity index (χ4v) is 2.22. The van der Waals surface area contributed by atoms with E-state index in [4.69, 9.17) is 10.3 Å². The first-order valence-electron chi connectivity index (χ1n) is 6.38. The molecule has 20 heavy (non-hydrogen) atoms. The highest BCUT2D eigenvalue weighted by atomic mass is 16.5. The number of aromatic nitrogens is 3. The van der Waals surface area contributed by atoms with E-state index in [-0.39, 0.29) is 0 Å². The highest BCUT2D eigenvalue weighted by molar-refractivity contribution is 5.86. The van der Waals surface area contributed by atoms with Gasteiger partial charge in [0.25, 0.3) is 0 Å². The largest absolute Gasteiger partial charge is 0.367 e. The molecule has 0 bridgehead atoms. The van der Waals surface area contributed by atoms with Gasteiger partial charge in [-0.25, -0.2) is 0 Å². The Morgan fingerprint density at radius 1 is 1.15 bits per heavy atom. The zero-order chi connectivity index (χ0) is 14.3. The number of aryl methyl sites for hydroxylation is 3. The maximum absolute atomic E-state index is 5.95. The lowest BCUT2D eigenvalue weighted by Crippen LogP contribution is -1.89. The van der Waals surface area contributed by atoms with E-state index >= 15 is 0 Å². The Morgan fingerprint density at radius 3 is 2.60 bits per heavy atom. The zero-order valence-corrected chi connectivity index (χ0v) is 11.7. The van der Waals surface area contributed by atoms with Gasteiger partial charge >= 0.3 is 0 Å². The van der Waals surface area contributed by atoms with Crippen LogP contribution in [-0.4, -0.2) is 14.9 Å². The zero-order valence-electron chi connectivity index (χ0n) is 11.7. The number of hydrogen-bond donors (Lipinski definition) is 1. The number of anilines is 1. The van der Waals surface area contributed by atoms with E-state index in [9.17, 15) is 0 Å². The molecule has 3 rings (SSSR count). The van der Waals surface area contributed by atoms with Gasteiger partial charge in [0.15, 0.2) is 0 Å². The van der Waals surface area contributed by atoms with Crippen molar-refractivity contribution in [3.8, 4) is 22.4 Å². The molecule has 0 radical (unpaired) electrons.